The van der Waals surface area contributed by atoms with E-state index in [-0.39, 0.29) is 6.10 Å². The molecule has 0 bridgehead atoms. The summed E-state index contributed by atoms with van der Waals surface area (Å²) in [7, 11) is 0. The zero-order chi connectivity index (χ0) is 16.9. The molecule has 25 heavy (non-hydrogen) atoms. The molecule has 1 fully saturated rings. The van der Waals surface area contributed by atoms with E-state index < -0.39 is 0 Å². The molecular formula is C22H27NO2. The highest BCUT2D eigenvalue weighted by Crippen LogP contribution is 2.35. The highest BCUT2D eigenvalue weighted by Gasteiger charge is 2.20. The Labute approximate surface area is 150 Å². The van der Waals surface area contributed by atoms with Gasteiger partial charge in [0.05, 0.1) is 6.61 Å². The number of nitrogens with zero attached hydrogens (tertiary/aromatic N) is 1. The van der Waals surface area contributed by atoms with Crippen molar-refractivity contribution in [3.63, 3.8) is 0 Å². The van der Waals surface area contributed by atoms with Gasteiger partial charge in [0.15, 0.2) is 0 Å². The predicted octanol–water partition coefficient (Wildman–Crippen LogP) is 4.62. The molecule has 3 heteroatoms. The van der Waals surface area contributed by atoms with Crippen molar-refractivity contribution >= 4 is 0 Å². The molecule has 0 spiro atoms. The first-order chi connectivity index (χ1) is 12.4. The van der Waals surface area contributed by atoms with Crippen LogP contribution in [0.15, 0.2) is 48.5 Å². The molecule has 2 heterocycles. The van der Waals surface area contributed by atoms with Crippen molar-refractivity contribution in [1.29, 1.82) is 0 Å². The third-order valence-electron chi connectivity index (χ3n) is 5.26. The Morgan fingerprint density at radius 3 is 2.64 bits per heavy atom. The third-order valence-corrected chi connectivity index (χ3v) is 5.26. The Hall–Kier alpha value is -2.00. The molecule has 0 N–H and O–H groups in total. The molecule has 1 atom stereocenters. The Bertz CT molecular complexity index is 677. The maximum absolute atomic E-state index is 6.17. The van der Waals surface area contributed by atoms with Gasteiger partial charge in [-0.1, -0.05) is 30.3 Å². The normalized spacial score (nSPS) is 20.1. The number of aryl methyl sites for hydroxylation is 1. The van der Waals surface area contributed by atoms with E-state index in [1.54, 1.807) is 0 Å². The first-order valence-electron chi connectivity index (χ1n) is 9.58. The number of para-hydroxylation sites is 1. The minimum absolute atomic E-state index is 0.152. The van der Waals surface area contributed by atoms with Crippen LogP contribution in [0.5, 0.6) is 11.5 Å². The van der Waals surface area contributed by atoms with Crippen molar-refractivity contribution in [2.75, 3.05) is 26.2 Å². The van der Waals surface area contributed by atoms with Crippen LogP contribution < -0.4 is 9.47 Å². The lowest BCUT2D eigenvalue weighted by molar-refractivity contribution is 0.176. The van der Waals surface area contributed by atoms with Gasteiger partial charge in [0, 0.05) is 6.54 Å². The summed E-state index contributed by atoms with van der Waals surface area (Å²) in [4.78, 5) is 2.53. The van der Waals surface area contributed by atoms with Gasteiger partial charge in [0.2, 0.25) is 0 Å². The molecule has 0 radical (unpaired) electrons. The second-order valence-electron chi connectivity index (χ2n) is 7.07. The van der Waals surface area contributed by atoms with Gasteiger partial charge in [-0.05, 0) is 74.5 Å². The largest absolute Gasteiger partial charge is 0.494 e. The number of hydrogen-bond donors (Lipinski definition) is 0. The van der Waals surface area contributed by atoms with Crippen LogP contribution in [0.1, 0.15) is 42.9 Å². The second kappa shape index (κ2) is 7.92. The first-order valence-corrected chi connectivity index (χ1v) is 9.58. The van der Waals surface area contributed by atoms with E-state index in [9.17, 15) is 0 Å². The lowest BCUT2D eigenvalue weighted by atomic mass is 9.97. The Kier molecular flexibility index (Phi) is 5.22. The molecule has 4 rings (SSSR count). The highest BCUT2D eigenvalue weighted by molar-refractivity contribution is 5.37. The lowest BCUT2D eigenvalue weighted by Gasteiger charge is -2.26. The van der Waals surface area contributed by atoms with Gasteiger partial charge in [-0.15, -0.1) is 0 Å². The van der Waals surface area contributed by atoms with E-state index in [0.717, 1.165) is 43.9 Å². The minimum atomic E-state index is 0.152. The Morgan fingerprint density at radius 1 is 1.00 bits per heavy atom. The highest BCUT2D eigenvalue weighted by atomic mass is 16.5. The van der Waals surface area contributed by atoms with Crippen LogP contribution in [0.3, 0.4) is 0 Å². The number of likely N-dealkylation sites (tertiary alicyclic amines) is 1. The van der Waals surface area contributed by atoms with Crippen LogP contribution in [0.2, 0.25) is 0 Å². The fraction of sp³-hybridized carbons (Fsp3) is 0.455. The van der Waals surface area contributed by atoms with E-state index in [1.807, 2.05) is 6.07 Å². The van der Waals surface area contributed by atoms with Gasteiger partial charge in [-0.2, -0.15) is 0 Å². The van der Waals surface area contributed by atoms with E-state index in [4.69, 9.17) is 9.47 Å². The predicted molar refractivity (Wildman–Crippen MR) is 100 cm³/mol. The van der Waals surface area contributed by atoms with Crippen LogP contribution >= 0.6 is 0 Å². The average molecular weight is 337 g/mol. The van der Waals surface area contributed by atoms with Gasteiger partial charge < -0.3 is 14.4 Å². The monoisotopic (exact) mass is 337 g/mol. The summed E-state index contributed by atoms with van der Waals surface area (Å²) in [6.45, 7) is 4.48. The summed E-state index contributed by atoms with van der Waals surface area (Å²) in [5.41, 5.74) is 2.55. The fourth-order valence-electron chi connectivity index (χ4n) is 3.82. The van der Waals surface area contributed by atoms with Gasteiger partial charge >= 0.3 is 0 Å². The molecule has 0 amide bonds. The van der Waals surface area contributed by atoms with Gasteiger partial charge in [0.1, 0.15) is 17.6 Å². The van der Waals surface area contributed by atoms with Crippen molar-refractivity contribution in [3.8, 4) is 11.5 Å². The number of benzene rings is 2. The molecule has 132 valence electrons. The van der Waals surface area contributed by atoms with Gasteiger partial charge in [-0.3, -0.25) is 0 Å². The van der Waals surface area contributed by atoms with E-state index >= 15 is 0 Å². The average Bonchev–Trinajstić information content (AvgIpc) is 3.19. The summed E-state index contributed by atoms with van der Waals surface area (Å²) in [5.74, 6) is 1.99. The molecule has 1 saturated heterocycles. The zero-order valence-electron chi connectivity index (χ0n) is 14.8. The SMILES string of the molecule is c1ccc2c(c1)CCC(c1ccc(OCCCN3CCCC3)cc1)O2. The maximum Gasteiger partial charge on any atom is 0.124 e. The summed E-state index contributed by atoms with van der Waals surface area (Å²) >= 11 is 0. The number of hydrogen-bond acceptors (Lipinski definition) is 3. The molecule has 0 aliphatic carbocycles. The number of fused-ring (bicyclic) bond motifs is 1. The van der Waals surface area contributed by atoms with Crippen LogP contribution in [0.25, 0.3) is 0 Å². The standard InChI is InChI=1S/C22H27NO2/c1-2-7-21-18(6-1)10-13-22(25-21)19-8-11-20(12-9-19)24-17-5-16-23-14-3-4-15-23/h1-2,6-9,11-12,22H,3-5,10,13-17H2. The first kappa shape index (κ1) is 16.5. The molecular weight excluding hydrogens is 310 g/mol. The summed E-state index contributed by atoms with van der Waals surface area (Å²) < 4.78 is 12.1. The number of rotatable bonds is 6. The van der Waals surface area contributed by atoms with Crippen molar-refractivity contribution in [1.82, 2.24) is 4.90 Å². The molecule has 3 nitrogen and oxygen atoms in total. The summed E-state index contributed by atoms with van der Waals surface area (Å²) in [6, 6.07) is 16.8. The zero-order valence-corrected chi connectivity index (χ0v) is 14.8. The van der Waals surface area contributed by atoms with Crippen molar-refractivity contribution < 1.29 is 9.47 Å². The van der Waals surface area contributed by atoms with Crippen LogP contribution in [0, 0.1) is 0 Å². The van der Waals surface area contributed by atoms with E-state index in [2.05, 4.69) is 47.4 Å². The van der Waals surface area contributed by atoms with Crippen molar-refractivity contribution in [3.05, 3.63) is 59.7 Å². The fourth-order valence-corrected chi connectivity index (χ4v) is 3.82. The quantitative estimate of drug-likeness (QED) is 0.718. The van der Waals surface area contributed by atoms with Crippen LogP contribution in [-0.2, 0) is 6.42 Å². The van der Waals surface area contributed by atoms with Crippen molar-refractivity contribution in [2.45, 2.75) is 38.2 Å². The molecule has 0 saturated carbocycles. The lowest BCUT2D eigenvalue weighted by Crippen LogP contribution is -2.21. The molecule has 0 aromatic heterocycles. The third kappa shape index (κ3) is 4.16. The van der Waals surface area contributed by atoms with E-state index in [1.165, 1.54) is 37.1 Å². The minimum Gasteiger partial charge on any atom is -0.494 e. The van der Waals surface area contributed by atoms with Gasteiger partial charge in [-0.25, -0.2) is 0 Å². The van der Waals surface area contributed by atoms with Crippen LogP contribution in [0.4, 0.5) is 0 Å². The molecule has 2 aromatic carbocycles. The Balaban J connectivity index is 1.27. The topological polar surface area (TPSA) is 21.7 Å². The van der Waals surface area contributed by atoms with E-state index in [0.29, 0.717) is 0 Å². The molecule has 1 unspecified atom stereocenters. The van der Waals surface area contributed by atoms with Crippen LogP contribution in [-0.4, -0.2) is 31.1 Å². The molecule has 2 aliphatic heterocycles. The number of ether oxygens (including phenoxy) is 2. The molecule has 2 aliphatic rings. The summed E-state index contributed by atoms with van der Waals surface area (Å²) in [6.07, 6.45) is 6.08. The molecule has 2 aromatic rings. The smallest absolute Gasteiger partial charge is 0.124 e. The Morgan fingerprint density at radius 2 is 1.80 bits per heavy atom. The van der Waals surface area contributed by atoms with Crippen molar-refractivity contribution in [2.24, 2.45) is 0 Å². The van der Waals surface area contributed by atoms with Gasteiger partial charge in [0.25, 0.3) is 0 Å². The maximum atomic E-state index is 6.17. The second-order valence-corrected chi connectivity index (χ2v) is 7.07. The summed E-state index contributed by atoms with van der Waals surface area (Å²) in [5, 5.41) is 0.